The van der Waals surface area contributed by atoms with Crippen LogP contribution in [0.5, 0.6) is 0 Å². The van der Waals surface area contributed by atoms with E-state index in [9.17, 15) is 4.57 Å². The van der Waals surface area contributed by atoms with E-state index in [1.54, 1.807) is 13.3 Å². The number of aryl methyl sites for hydroxylation is 2. The highest BCUT2D eigenvalue weighted by atomic mass is 32.2. The Balaban J connectivity index is 1.95. The van der Waals surface area contributed by atoms with Gasteiger partial charge in [-0.3, -0.25) is 0 Å². The van der Waals surface area contributed by atoms with Gasteiger partial charge in [-0.05, 0) is 67.8 Å². The maximum atomic E-state index is 12.5. The van der Waals surface area contributed by atoms with Crippen LogP contribution in [0.25, 0.3) is 0 Å². The Morgan fingerprint density at radius 1 is 1.06 bits per heavy atom. The third-order valence-corrected chi connectivity index (χ3v) is 10.3. The molecule has 0 atom stereocenters. The van der Waals surface area contributed by atoms with Crippen LogP contribution in [0.4, 0.5) is 23.1 Å². The number of hydrogen-bond donors (Lipinski definition) is 2. The molecule has 0 aliphatic carbocycles. The average molecular weight is 483 g/mol. The third kappa shape index (κ3) is 5.69. The fraction of sp³-hybridized carbons (Fsp3) is 0.308. The number of aromatic nitrogens is 2. The average Bonchev–Trinajstić information content (AvgIpc) is 2.75. The SMILES string of the molecule is C=S(=C)(c1ccccc1Nc1nc(Nc2ccc(P(C)(C)=O)cc2CC)ncc1C)C(C)C. The second-order valence-corrected chi connectivity index (χ2v) is 15.5. The molecule has 1 aromatic heterocycles. The molecular formula is C26H35N4OPS. The predicted octanol–water partition coefficient (Wildman–Crippen LogP) is 6.52. The molecule has 0 aliphatic heterocycles. The van der Waals surface area contributed by atoms with Crippen LogP contribution in [0.2, 0.25) is 0 Å². The van der Waals surface area contributed by atoms with Crippen LogP contribution in [-0.4, -0.2) is 40.3 Å². The molecular weight excluding hydrogens is 447 g/mol. The van der Waals surface area contributed by atoms with Crippen LogP contribution in [0.15, 0.2) is 53.6 Å². The molecule has 0 amide bonds. The summed E-state index contributed by atoms with van der Waals surface area (Å²) in [6.07, 6.45) is 2.62. The van der Waals surface area contributed by atoms with Gasteiger partial charge < -0.3 is 15.2 Å². The van der Waals surface area contributed by atoms with E-state index in [4.69, 9.17) is 4.98 Å². The van der Waals surface area contributed by atoms with Crippen molar-refractivity contribution in [1.29, 1.82) is 0 Å². The lowest BCUT2D eigenvalue weighted by molar-refractivity contribution is 0.588. The van der Waals surface area contributed by atoms with E-state index in [1.165, 1.54) is 0 Å². The lowest BCUT2D eigenvalue weighted by atomic mass is 10.1. The van der Waals surface area contributed by atoms with Gasteiger partial charge in [-0.25, -0.2) is 4.98 Å². The fourth-order valence-electron chi connectivity index (χ4n) is 3.38. The third-order valence-electron chi connectivity index (χ3n) is 5.79. The minimum Gasteiger partial charge on any atom is -0.339 e. The van der Waals surface area contributed by atoms with Gasteiger partial charge in [-0.15, -0.1) is 0 Å². The summed E-state index contributed by atoms with van der Waals surface area (Å²) in [7, 11) is -3.79. The first-order valence-corrected chi connectivity index (χ1v) is 15.7. The Morgan fingerprint density at radius 2 is 1.76 bits per heavy atom. The molecule has 0 fully saturated rings. The van der Waals surface area contributed by atoms with Crippen molar-refractivity contribution in [3.8, 4) is 0 Å². The normalized spacial score (nSPS) is 12.1. The van der Waals surface area contributed by atoms with E-state index in [-0.39, 0.29) is 0 Å². The summed E-state index contributed by atoms with van der Waals surface area (Å²) in [5, 5.41) is 8.07. The van der Waals surface area contributed by atoms with Gasteiger partial charge >= 0.3 is 0 Å². The van der Waals surface area contributed by atoms with E-state index < -0.39 is 16.3 Å². The van der Waals surface area contributed by atoms with E-state index in [0.29, 0.717) is 11.2 Å². The summed E-state index contributed by atoms with van der Waals surface area (Å²) >= 11 is 0. The first-order valence-electron chi connectivity index (χ1n) is 11.1. The Hall–Kier alpha value is -2.56. The summed E-state index contributed by atoms with van der Waals surface area (Å²) in [4.78, 5) is 10.4. The minimum atomic E-state index is -2.32. The van der Waals surface area contributed by atoms with Crippen molar-refractivity contribution in [2.24, 2.45) is 0 Å². The summed E-state index contributed by atoms with van der Waals surface area (Å²) in [6.45, 7) is 12.0. The molecule has 0 radical (unpaired) electrons. The van der Waals surface area contributed by atoms with E-state index in [1.807, 2.05) is 49.5 Å². The number of rotatable bonds is 8. The standard InChI is InChI=1S/C26H35N4OPS/c1-9-20-16-21(32(5,6)31)14-15-22(20)29-26-27-17-19(4)25(30-26)28-23-12-10-11-13-24(23)33(7,8)18(2)3/h10-18H,7-9H2,1-6H3,(H2,27,28,29,30). The summed E-state index contributed by atoms with van der Waals surface area (Å²) in [6, 6.07) is 14.1. The summed E-state index contributed by atoms with van der Waals surface area (Å²) in [5.74, 6) is 10.1. The second-order valence-electron chi connectivity index (χ2n) is 9.01. The molecule has 5 nitrogen and oxygen atoms in total. The molecule has 0 unspecified atom stereocenters. The lowest BCUT2D eigenvalue weighted by Crippen LogP contribution is -2.08. The van der Waals surface area contributed by atoms with Crippen molar-refractivity contribution in [2.75, 3.05) is 24.0 Å². The minimum absolute atomic E-state index is 0.348. The van der Waals surface area contributed by atoms with Crippen LogP contribution in [-0.2, 0) is 11.0 Å². The van der Waals surface area contributed by atoms with Crippen molar-refractivity contribution in [2.45, 2.75) is 44.3 Å². The van der Waals surface area contributed by atoms with Gasteiger partial charge in [-0.2, -0.15) is 14.2 Å². The van der Waals surface area contributed by atoms with E-state index in [2.05, 4.69) is 54.2 Å². The smallest absolute Gasteiger partial charge is 0.229 e. The van der Waals surface area contributed by atoms with Crippen LogP contribution < -0.4 is 15.9 Å². The molecule has 1 heterocycles. The zero-order valence-corrected chi connectivity index (χ0v) is 22.2. The number of benzene rings is 2. The van der Waals surface area contributed by atoms with E-state index >= 15 is 0 Å². The molecule has 0 saturated heterocycles. The molecule has 0 bridgehead atoms. The molecule has 33 heavy (non-hydrogen) atoms. The first-order chi connectivity index (χ1) is 15.4. The van der Waals surface area contributed by atoms with Gasteiger partial charge in [0, 0.05) is 27.6 Å². The van der Waals surface area contributed by atoms with Crippen molar-refractivity contribution >= 4 is 56.5 Å². The topological polar surface area (TPSA) is 66.9 Å². The molecule has 0 spiro atoms. The number of para-hydroxylation sites is 1. The van der Waals surface area contributed by atoms with Gasteiger partial charge in [0.25, 0.3) is 0 Å². The maximum Gasteiger partial charge on any atom is 0.229 e. The van der Waals surface area contributed by atoms with Gasteiger partial charge in [-0.1, -0.05) is 44.6 Å². The van der Waals surface area contributed by atoms with Gasteiger partial charge in [0.05, 0.1) is 5.69 Å². The van der Waals surface area contributed by atoms with Crippen LogP contribution in [0, 0.1) is 6.92 Å². The first kappa shape index (κ1) is 25.1. The molecule has 2 N–H and O–H groups in total. The van der Waals surface area contributed by atoms with Crippen molar-refractivity contribution in [3.05, 3.63) is 59.8 Å². The second kappa shape index (κ2) is 9.74. The number of anilines is 4. The van der Waals surface area contributed by atoms with Crippen LogP contribution >= 0.6 is 16.3 Å². The molecule has 0 aliphatic rings. The highest BCUT2D eigenvalue weighted by molar-refractivity contribution is 8.28. The number of nitrogens with one attached hydrogen (secondary N) is 2. The summed E-state index contributed by atoms with van der Waals surface area (Å²) in [5.41, 5.74) is 3.92. The van der Waals surface area contributed by atoms with Crippen molar-refractivity contribution in [3.63, 3.8) is 0 Å². The molecule has 3 aromatic rings. The molecule has 0 saturated carbocycles. The molecule has 7 heteroatoms. The fourth-order valence-corrected chi connectivity index (χ4v) is 5.70. The van der Waals surface area contributed by atoms with Crippen molar-refractivity contribution in [1.82, 2.24) is 9.97 Å². The summed E-state index contributed by atoms with van der Waals surface area (Å²) < 4.78 is 12.5. The highest BCUT2D eigenvalue weighted by Crippen LogP contribution is 2.42. The molecule has 2 aromatic carbocycles. The van der Waals surface area contributed by atoms with Crippen LogP contribution in [0.3, 0.4) is 0 Å². The van der Waals surface area contributed by atoms with Gasteiger partial charge in [0.2, 0.25) is 5.95 Å². The Labute approximate surface area is 198 Å². The van der Waals surface area contributed by atoms with Gasteiger partial charge in [0.15, 0.2) is 0 Å². The Kier molecular flexibility index (Phi) is 7.40. The number of nitrogens with zero attached hydrogens (tertiary/aromatic N) is 2. The van der Waals surface area contributed by atoms with Crippen molar-refractivity contribution < 1.29 is 4.57 Å². The quantitative estimate of drug-likeness (QED) is 0.283. The predicted molar refractivity (Wildman–Crippen MR) is 150 cm³/mol. The zero-order valence-electron chi connectivity index (χ0n) is 20.5. The zero-order chi connectivity index (χ0) is 24.4. The Bertz CT molecular complexity index is 1310. The number of hydrogen-bond acceptors (Lipinski definition) is 5. The Morgan fingerprint density at radius 3 is 2.39 bits per heavy atom. The van der Waals surface area contributed by atoms with E-state index in [0.717, 1.165) is 44.9 Å². The van der Waals surface area contributed by atoms with Gasteiger partial charge in [0.1, 0.15) is 13.0 Å². The molecule has 176 valence electrons. The maximum absolute atomic E-state index is 12.5. The van der Waals surface area contributed by atoms with Crippen LogP contribution in [0.1, 0.15) is 31.9 Å². The lowest BCUT2D eigenvalue weighted by Gasteiger charge is -2.23. The highest BCUT2D eigenvalue weighted by Gasteiger charge is 2.15. The largest absolute Gasteiger partial charge is 0.339 e. The molecule has 3 rings (SSSR count). The monoisotopic (exact) mass is 482 g/mol.